The van der Waals surface area contributed by atoms with Gasteiger partial charge in [-0.15, -0.1) is 11.6 Å². The molecule has 1 atom stereocenters. The van der Waals surface area contributed by atoms with Gasteiger partial charge in [-0.05, 0) is 74.5 Å². The predicted molar refractivity (Wildman–Crippen MR) is 120 cm³/mol. The minimum Gasteiger partial charge on any atom is -0.426 e. The Morgan fingerprint density at radius 3 is 2.23 bits per heavy atom. The second-order valence-corrected chi connectivity index (χ2v) is 9.61. The number of nitrogens with zero attached hydrogens (tertiary/aromatic N) is 1. The van der Waals surface area contributed by atoms with E-state index in [2.05, 4.69) is 10.3 Å². The number of hydrogen-bond acceptors (Lipinski definition) is 4. The van der Waals surface area contributed by atoms with E-state index in [0.717, 1.165) is 38.5 Å². The normalized spacial score (nSPS) is 26.1. The molecule has 4 rings (SSSR count). The van der Waals surface area contributed by atoms with Crippen molar-refractivity contribution >= 4 is 30.6 Å². The summed E-state index contributed by atoms with van der Waals surface area (Å²) in [6.45, 7) is 0.471. The first-order valence-electron chi connectivity index (χ1n) is 10.7. The van der Waals surface area contributed by atoms with Crippen molar-refractivity contribution in [2.24, 2.45) is 16.5 Å². The molecule has 2 bridgehead atoms. The summed E-state index contributed by atoms with van der Waals surface area (Å²) in [7, 11) is -1.63. The lowest BCUT2D eigenvalue weighted by Gasteiger charge is -2.51. The van der Waals surface area contributed by atoms with Gasteiger partial charge in [0.15, 0.2) is 5.96 Å². The fourth-order valence-electron chi connectivity index (χ4n) is 4.78. The van der Waals surface area contributed by atoms with E-state index in [4.69, 9.17) is 23.1 Å². The molecule has 3 aliphatic rings. The first-order valence-corrected chi connectivity index (χ1v) is 11.1. The van der Waals surface area contributed by atoms with Crippen LogP contribution in [0.25, 0.3) is 0 Å². The number of carbonyl (C=O) groups excluding carboxylic acids is 1. The summed E-state index contributed by atoms with van der Waals surface area (Å²) in [4.78, 5) is 16.5. The first-order chi connectivity index (χ1) is 14.2. The van der Waals surface area contributed by atoms with E-state index >= 15 is 0 Å². The number of nitrogens with one attached hydrogen (secondary N) is 1. The third kappa shape index (κ3) is 5.48. The van der Waals surface area contributed by atoms with Gasteiger partial charge >= 0.3 is 7.12 Å². The number of amides is 1. The summed E-state index contributed by atoms with van der Waals surface area (Å²) in [6, 6.07) is 7.74. The first kappa shape index (κ1) is 22.9. The van der Waals surface area contributed by atoms with Gasteiger partial charge in [0.1, 0.15) is 0 Å². The number of halogens is 1. The van der Waals surface area contributed by atoms with Crippen LogP contribution < -0.4 is 16.8 Å². The number of benzene rings is 1. The third-order valence-electron chi connectivity index (χ3n) is 6.81. The van der Waals surface area contributed by atoms with E-state index in [1.165, 1.54) is 5.56 Å². The fourth-order valence-corrected chi connectivity index (χ4v) is 5.06. The molecular formula is C21H32BClN4O3. The lowest BCUT2D eigenvalue weighted by molar-refractivity contribution is 0.0940. The van der Waals surface area contributed by atoms with E-state index in [-0.39, 0.29) is 22.2 Å². The Bertz CT molecular complexity index is 743. The molecule has 0 aromatic heterocycles. The molecule has 7 N–H and O–H groups in total. The second-order valence-electron chi connectivity index (χ2n) is 8.80. The van der Waals surface area contributed by atoms with Crippen molar-refractivity contribution in [3.8, 4) is 0 Å². The number of hydrogen-bond donors (Lipinski definition) is 5. The van der Waals surface area contributed by atoms with Crippen LogP contribution >= 0.6 is 11.6 Å². The molecule has 0 radical (unpaired) electrons. The molecule has 164 valence electrons. The molecule has 1 aromatic carbocycles. The number of aliphatic imine (C=N–C) groups is 1. The molecule has 3 aliphatic carbocycles. The molecule has 3 fully saturated rings. The Labute approximate surface area is 183 Å². The van der Waals surface area contributed by atoms with E-state index in [9.17, 15) is 14.8 Å². The van der Waals surface area contributed by atoms with Crippen molar-refractivity contribution < 1.29 is 14.8 Å². The summed E-state index contributed by atoms with van der Waals surface area (Å²) in [5.74, 6) is -1.02. The van der Waals surface area contributed by atoms with Gasteiger partial charge in [0.05, 0.1) is 5.94 Å². The highest BCUT2D eigenvalue weighted by molar-refractivity contribution is 6.43. The van der Waals surface area contributed by atoms with Gasteiger partial charge in [-0.2, -0.15) is 0 Å². The Morgan fingerprint density at radius 1 is 1.10 bits per heavy atom. The number of guanidine groups is 1. The number of fused-ring (bicyclic) bond motifs is 3. The van der Waals surface area contributed by atoms with E-state index in [1.54, 1.807) is 0 Å². The molecule has 30 heavy (non-hydrogen) atoms. The molecule has 0 unspecified atom stereocenters. The quantitative estimate of drug-likeness (QED) is 0.133. The Balaban J connectivity index is 1.56. The van der Waals surface area contributed by atoms with Crippen LogP contribution in [-0.4, -0.2) is 46.4 Å². The highest BCUT2D eigenvalue weighted by Crippen LogP contribution is 2.56. The summed E-state index contributed by atoms with van der Waals surface area (Å²) >= 11 is 6.64. The molecule has 9 heteroatoms. The Kier molecular flexibility index (Phi) is 7.32. The largest absolute Gasteiger partial charge is 0.475 e. The van der Waals surface area contributed by atoms with Crippen molar-refractivity contribution in [3.63, 3.8) is 0 Å². The molecule has 0 saturated heterocycles. The summed E-state index contributed by atoms with van der Waals surface area (Å²) in [5, 5.41) is 22.0. The molecular weight excluding hydrogens is 403 g/mol. The second kappa shape index (κ2) is 9.58. The highest BCUT2D eigenvalue weighted by Gasteiger charge is 2.48. The van der Waals surface area contributed by atoms with E-state index < -0.39 is 13.1 Å². The Hall–Kier alpha value is -1.77. The van der Waals surface area contributed by atoms with Gasteiger partial charge in [-0.1, -0.05) is 18.6 Å². The van der Waals surface area contributed by atoms with Crippen molar-refractivity contribution in [2.45, 2.75) is 74.0 Å². The smallest absolute Gasteiger partial charge is 0.426 e. The topological polar surface area (TPSA) is 134 Å². The van der Waals surface area contributed by atoms with Crippen LogP contribution in [0.1, 0.15) is 73.7 Å². The summed E-state index contributed by atoms with van der Waals surface area (Å²) < 4.78 is 0. The van der Waals surface area contributed by atoms with Crippen LogP contribution in [-0.2, 0) is 5.41 Å². The van der Waals surface area contributed by atoms with Gasteiger partial charge in [-0.25, -0.2) is 0 Å². The number of unbranched alkanes of at least 4 members (excludes halogenated alkanes) is 1. The van der Waals surface area contributed by atoms with Gasteiger partial charge in [0, 0.05) is 17.0 Å². The lowest BCUT2D eigenvalue weighted by atomic mass is 9.57. The maximum absolute atomic E-state index is 12.6. The zero-order valence-electron chi connectivity index (χ0n) is 17.3. The van der Waals surface area contributed by atoms with Gasteiger partial charge in [0.25, 0.3) is 5.91 Å². The number of carbonyl (C=O) groups is 1. The monoisotopic (exact) mass is 434 g/mol. The number of nitrogens with two attached hydrogens (primary N) is 2. The maximum Gasteiger partial charge on any atom is 0.475 e. The molecule has 7 nitrogen and oxygen atoms in total. The van der Waals surface area contributed by atoms with Crippen molar-refractivity contribution in [1.29, 1.82) is 0 Å². The summed E-state index contributed by atoms with van der Waals surface area (Å²) in [6.07, 6.45) is 8.22. The maximum atomic E-state index is 12.6. The van der Waals surface area contributed by atoms with Crippen LogP contribution in [0.15, 0.2) is 29.3 Å². The van der Waals surface area contributed by atoms with Crippen LogP contribution in [0.5, 0.6) is 0 Å². The van der Waals surface area contributed by atoms with Crippen molar-refractivity contribution in [1.82, 2.24) is 5.32 Å². The molecule has 0 aliphatic heterocycles. The van der Waals surface area contributed by atoms with Crippen LogP contribution in [0.2, 0.25) is 0 Å². The SMILES string of the molecule is NC(N)=NCCCC[C@H](NC(=O)c1ccc(C23CCC(Cl)(CC2)CC3)cc1)B(O)O. The molecule has 0 heterocycles. The lowest BCUT2D eigenvalue weighted by Crippen LogP contribution is -2.46. The zero-order valence-corrected chi connectivity index (χ0v) is 18.1. The Morgan fingerprint density at radius 2 is 1.70 bits per heavy atom. The average Bonchev–Trinajstić information content (AvgIpc) is 2.73. The number of alkyl halides is 1. The number of rotatable bonds is 9. The highest BCUT2D eigenvalue weighted by atomic mass is 35.5. The minimum absolute atomic E-state index is 0.00495. The van der Waals surface area contributed by atoms with Crippen LogP contribution in [0.3, 0.4) is 0 Å². The zero-order chi connectivity index (χ0) is 21.8. The van der Waals surface area contributed by atoms with E-state index in [0.29, 0.717) is 31.4 Å². The molecule has 1 amide bonds. The van der Waals surface area contributed by atoms with Gasteiger partial charge < -0.3 is 26.8 Å². The van der Waals surface area contributed by atoms with Crippen molar-refractivity contribution in [2.75, 3.05) is 6.54 Å². The molecule has 0 spiro atoms. The molecule has 3 saturated carbocycles. The molecule has 1 aromatic rings. The van der Waals surface area contributed by atoms with Crippen LogP contribution in [0, 0.1) is 0 Å². The van der Waals surface area contributed by atoms with Gasteiger partial charge in [-0.3, -0.25) is 9.79 Å². The fraction of sp³-hybridized carbons (Fsp3) is 0.619. The van der Waals surface area contributed by atoms with E-state index in [1.807, 2.05) is 24.3 Å². The third-order valence-corrected chi connectivity index (χ3v) is 7.38. The van der Waals surface area contributed by atoms with Crippen molar-refractivity contribution in [3.05, 3.63) is 35.4 Å². The average molecular weight is 435 g/mol. The predicted octanol–water partition coefficient (Wildman–Crippen LogP) is 1.82. The van der Waals surface area contributed by atoms with Gasteiger partial charge in [0.2, 0.25) is 0 Å². The minimum atomic E-state index is -1.63. The standard InChI is InChI=1S/C21H32BClN4O3/c23-21-11-8-20(9-12-21,10-13-21)16-6-4-15(5-7-16)18(28)27-17(22(29)30)3-1-2-14-26-19(24)25/h4-7,17,29-30H,1-3,8-14H2,(H,27,28)(H4,24,25,26)/t17-,20?,21?/m0/s1. The summed E-state index contributed by atoms with van der Waals surface area (Å²) in [5.41, 5.74) is 12.5. The van der Waals surface area contributed by atoms with Crippen LogP contribution in [0.4, 0.5) is 0 Å².